The molecule has 0 fully saturated rings. The van der Waals surface area contributed by atoms with Crippen LogP contribution in [0.25, 0.3) is 0 Å². The first kappa shape index (κ1) is 16.6. The summed E-state index contributed by atoms with van der Waals surface area (Å²) in [7, 11) is 0. The molecular weight excluding hydrogens is 395 g/mol. The number of hydrogen-bond donors (Lipinski definition) is 0. The van der Waals surface area contributed by atoms with Gasteiger partial charge in [-0.3, -0.25) is 0 Å². The van der Waals surface area contributed by atoms with Crippen LogP contribution < -0.4 is 0 Å². The Balaban J connectivity index is 2.50. The van der Waals surface area contributed by atoms with Crippen molar-refractivity contribution < 1.29 is 17.6 Å². The molecule has 1 unspecified atom stereocenters. The Morgan fingerprint density at radius 3 is 2.19 bits per heavy atom. The molecule has 0 saturated carbocycles. The summed E-state index contributed by atoms with van der Waals surface area (Å²) in [4.78, 5) is -0.815. The zero-order valence-electron chi connectivity index (χ0n) is 10.2. The maximum Gasteiger partial charge on any atom is 0.416 e. The Morgan fingerprint density at radius 1 is 0.952 bits per heavy atom. The maximum absolute atomic E-state index is 13.8. The molecule has 0 aliphatic rings. The van der Waals surface area contributed by atoms with Crippen molar-refractivity contribution in [2.24, 2.45) is 0 Å². The molecule has 0 N–H and O–H groups in total. The van der Waals surface area contributed by atoms with Crippen molar-refractivity contribution in [3.05, 3.63) is 69.0 Å². The molecule has 0 spiro atoms. The smallest absolute Gasteiger partial charge is 0.207 e. The van der Waals surface area contributed by atoms with E-state index in [1.54, 1.807) is 0 Å². The van der Waals surface area contributed by atoms with Crippen LogP contribution in [0.1, 0.15) is 21.5 Å². The van der Waals surface area contributed by atoms with Gasteiger partial charge in [0, 0.05) is 15.6 Å². The standard InChI is InChI=1S/C14H7BrCl2F4/c15-13(9-3-2-8(16)6-11(9)17)10-5-7(14(19,20)21)1-4-12(10)18/h1-6,13H. The number of alkyl halides is 4. The van der Waals surface area contributed by atoms with Gasteiger partial charge in [0.2, 0.25) is 0 Å². The topological polar surface area (TPSA) is 0 Å². The summed E-state index contributed by atoms with van der Waals surface area (Å²) in [6.45, 7) is 0. The molecule has 2 aromatic rings. The number of rotatable bonds is 2. The average Bonchev–Trinajstić information content (AvgIpc) is 2.37. The lowest BCUT2D eigenvalue weighted by Crippen LogP contribution is -2.07. The first-order chi connectivity index (χ1) is 9.70. The first-order valence-corrected chi connectivity index (χ1v) is 7.33. The van der Waals surface area contributed by atoms with Crippen molar-refractivity contribution in [1.82, 2.24) is 0 Å². The largest absolute Gasteiger partial charge is 0.416 e. The summed E-state index contributed by atoms with van der Waals surface area (Å²) in [5, 5.41) is 0.620. The lowest BCUT2D eigenvalue weighted by Gasteiger charge is -2.16. The van der Waals surface area contributed by atoms with Crippen LogP contribution in [0.3, 0.4) is 0 Å². The minimum absolute atomic E-state index is 0.144. The minimum Gasteiger partial charge on any atom is -0.207 e. The molecule has 112 valence electrons. The average molecular weight is 402 g/mol. The van der Waals surface area contributed by atoms with Crippen molar-refractivity contribution in [2.75, 3.05) is 0 Å². The summed E-state index contributed by atoms with van der Waals surface area (Å²) in [5.41, 5.74) is -0.637. The lowest BCUT2D eigenvalue weighted by molar-refractivity contribution is -0.137. The van der Waals surface area contributed by atoms with Gasteiger partial charge in [0.05, 0.1) is 10.4 Å². The highest BCUT2D eigenvalue weighted by molar-refractivity contribution is 9.09. The third-order valence-electron chi connectivity index (χ3n) is 2.83. The fourth-order valence-corrected chi connectivity index (χ4v) is 3.19. The van der Waals surface area contributed by atoms with Crippen LogP contribution >= 0.6 is 39.1 Å². The van der Waals surface area contributed by atoms with E-state index in [4.69, 9.17) is 23.2 Å². The van der Waals surface area contributed by atoms with Crippen LogP contribution in [0, 0.1) is 5.82 Å². The van der Waals surface area contributed by atoms with Crippen molar-refractivity contribution in [1.29, 1.82) is 0 Å². The summed E-state index contributed by atoms with van der Waals surface area (Å²) >= 11 is 14.9. The van der Waals surface area contributed by atoms with Gasteiger partial charge in [0.1, 0.15) is 5.82 Å². The van der Waals surface area contributed by atoms with Crippen LogP contribution in [-0.4, -0.2) is 0 Å². The molecule has 2 rings (SSSR count). The van der Waals surface area contributed by atoms with Gasteiger partial charge in [-0.1, -0.05) is 45.2 Å². The van der Waals surface area contributed by atoms with Crippen molar-refractivity contribution in [3.63, 3.8) is 0 Å². The van der Waals surface area contributed by atoms with Crippen LogP contribution in [0.5, 0.6) is 0 Å². The van der Waals surface area contributed by atoms with E-state index in [0.29, 0.717) is 16.7 Å². The molecule has 0 aromatic heterocycles. The third-order valence-corrected chi connectivity index (χ3v) is 4.38. The fourth-order valence-electron chi connectivity index (χ4n) is 1.79. The van der Waals surface area contributed by atoms with E-state index in [2.05, 4.69) is 15.9 Å². The fraction of sp³-hybridized carbons (Fsp3) is 0.143. The van der Waals surface area contributed by atoms with Gasteiger partial charge in [-0.05, 0) is 35.9 Å². The van der Waals surface area contributed by atoms with Crippen molar-refractivity contribution in [3.8, 4) is 0 Å². The van der Waals surface area contributed by atoms with Crippen LogP contribution in [0.4, 0.5) is 17.6 Å². The van der Waals surface area contributed by atoms with Gasteiger partial charge < -0.3 is 0 Å². The van der Waals surface area contributed by atoms with Gasteiger partial charge in [-0.15, -0.1) is 0 Å². The molecule has 1 atom stereocenters. The third kappa shape index (κ3) is 3.71. The second-order valence-electron chi connectivity index (χ2n) is 4.26. The van der Waals surface area contributed by atoms with Gasteiger partial charge >= 0.3 is 6.18 Å². The molecular formula is C14H7BrCl2F4. The molecule has 0 amide bonds. The molecule has 7 heteroatoms. The van der Waals surface area contributed by atoms with E-state index < -0.39 is 22.4 Å². The summed E-state index contributed by atoms with van der Waals surface area (Å²) in [6, 6.07) is 6.75. The first-order valence-electron chi connectivity index (χ1n) is 5.66. The summed E-state index contributed by atoms with van der Waals surface area (Å²) in [6.07, 6.45) is -4.54. The second-order valence-corrected chi connectivity index (χ2v) is 6.02. The van der Waals surface area contributed by atoms with Crippen LogP contribution in [-0.2, 0) is 6.18 Å². The highest BCUT2D eigenvalue weighted by Crippen LogP contribution is 2.39. The predicted molar refractivity (Wildman–Crippen MR) is 78.6 cm³/mol. The monoisotopic (exact) mass is 400 g/mol. The highest BCUT2D eigenvalue weighted by Gasteiger charge is 2.32. The summed E-state index contributed by atoms with van der Waals surface area (Å²) < 4.78 is 52.0. The van der Waals surface area contributed by atoms with Gasteiger partial charge in [0.25, 0.3) is 0 Å². The molecule has 0 bridgehead atoms. The van der Waals surface area contributed by atoms with Gasteiger partial charge in [-0.2, -0.15) is 13.2 Å². The molecule has 0 aliphatic carbocycles. The van der Waals surface area contributed by atoms with Crippen molar-refractivity contribution in [2.45, 2.75) is 11.0 Å². The van der Waals surface area contributed by atoms with Crippen LogP contribution in [0.2, 0.25) is 10.0 Å². The second kappa shape index (κ2) is 6.15. The number of halogens is 7. The molecule has 0 heterocycles. The Hall–Kier alpha value is -0.780. The lowest BCUT2D eigenvalue weighted by atomic mass is 10.0. The quantitative estimate of drug-likeness (QED) is 0.391. The van der Waals surface area contributed by atoms with E-state index in [1.165, 1.54) is 18.2 Å². The molecule has 21 heavy (non-hydrogen) atoms. The maximum atomic E-state index is 13.8. The van der Waals surface area contributed by atoms with Gasteiger partial charge in [0.15, 0.2) is 0 Å². The van der Waals surface area contributed by atoms with E-state index in [9.17, 15) is 17.6 Å². The van der Waals surface area contributed by atoms with Crippen molar-refractivity contribution >= 4 is 39.1 Å². The molecule has 0 aliphatic heterocycles. The Labute approximate surface area is 136 Å². The highest BCUT2D eigenvalue weighted by atomic mass is 79.9. The summed E-state index contributed by atoms with van der Waals surface area (Å²) in [5.74, 6) is -0.754. The Bertz CT molecular complexity index is 671. The van der Waals surface area contributed by atoms with Gasteiger partial charge in [-0.25, -0.2) is 4.39 Å². The molecule has 0 nitrogen and oxygen atoms in total. The Morgan fingerprint density at radius 2 is 1.62 bits per heavy atom. The van der Waals surface area contributed by atoms with Crippen LogP contribution in [0.15, 0.2) is 36.4 Å². The molecule has 2 aromatic carbocycles. The Kier molecular flexibility index (Phi) is 4.85. The normalized spacial score (nSPS) is 13.3. The molecule has 0 radical (unpaired) electrons. The number of benzene rings is 2. The minimum atomic E-state index is -4.54. The van der Waals surface area contributed by atoms with E-state index >= 15 is 0 Å². The number of hydrogen-bond acceptors (Lipinski definition) is 0. The van der Waals surface area contributed by atoms with E-state index in [-0.39, 0.29) is 10.6 Å². The zero-order chi connectivity index (χ0) is 15.8. The SMILES string of the molecule is Fc1ccc(C(F)(F)F)cc1C(Br)c1ccc(Cl)cc1Cl. The zero-order valence-corrected chi connectivity index (χ0v) is 13.3. The van der Waals surface area contributed by atoms with E-state index in [1.807, 2.05) is 0 Å². The van der Waals surface area contributed by atoms with E-state index in [0.717, 1.165) is 12.1 Å². The predicted octanol–water partition coefficient (Wildman–Crippen LogP) is 6.64. The molecule has 0 saturated heterocycles.